The van der Waals surface area contributed by atoms with Crippen molar-refractivity contribution in [3.05, 3.63) is 34.5 Å². The molecule has 25 heavy (non-hydrogen) atoms. The number of fused-ring (bicyclic) bond motifs is 1. The molecule has 1 aliphatic rings. The fourth-order valence-corrected chi connectivity index (χ4v) is 3.73. The SMILES string of the molecule is CS(=O)(=O)NCC1CCCN(Cn2ncc3ccc([N+](=O)[O-])cc32)C1. The summed E-state index contributed by atoms with van der Waals surface area (Å²) in [5.41, 5.74) is 0.772. The fourth-order valence-electron chi connectivity index (χ4n) is 3.19. The first kappa shape index (κ1) is 17.8. The van der Waals surface area contributed by atoms with E-state index < -0.39 is 14.9 Å². The van der Waals surface area contributed by atoms with Crippen molar-refractivity contribution in [2.75, 3.05) is 25.9 Å². The van der Waals surface area contributed by atoms with Gasteiger partial charge < -0.3 is 0 Å². The van der Waals surface area contributed by atoms with E-state index in [4.69, 9.17) is 0 Å². The Bertz CT molecular complexity index is 879. The van der Waals surface area contributed by atoms with Gasteiger partial charge in [0.05, 0.1) is 29.6 Å². The third-order valence-corrected chi connectivity index (χ3v) is 5.10. The quantitative estimate of drug-likeness (QED) is 0.606. The Morgan fingerprint density at radius 3 is 2.96 bits per heavy atom. The number of hydrogen-bond acceptors (Lipinski definition) is 6. The Labute approximate surface area is 145 Å². The second kappa shape index (κ2) is 7.06. The molecular formula is C15H21N5O4S. The molecule has 1 N–H and O–H groups in total. The van der Waals surface area contributed by atoms with Crippen molar-refractivity contribution < 1.29 is 13.3 Å². The van der Waals surface area contributed by atoms with Crippen LogP contribution in [-0.4, -0.2) is 53.9 Å². The van der Waals surface area contributed by atoms with Gasteiger partial charge in [-0.3, -0.25) is 19.7 Å². The number of non-ortho nitro benzene ring substituents is 1. The van der Waals surface area contributed by atoms with Gasteiger partial charge in [-0.15, -0.1) is 0 Å². The van der Waals surface area contributed by atoms with Crippen LogP contribution in [0.5, 0.6) is 0 Å². The number of rotatable bonds is 6. The van der Waals surface area contributed by atoms with E-state index >= 15 is 0 Å². The van der Waals surface area contributed by atoms with Crippen LogP contribution in [-0.2, 0) is 16.7 Å². The molecule has 0 spiro atoms. The molecule has 0 bridgehead atoms. The van der Waals surface area contributed by atoms with Crippen molar-refractivity contribution >= 4 is 26.6 Å². The van der Waals surface area contributed by atoms with Crippen molar-refractivity contribution in [2.24, 2.45) is 5.92 Å². The Morgan fingerprint density at radius 1 is 1.44 bits per heavy atom. The van der Waals surface area contributed by atoms with Gasteiger partial charge in [0, 0.05) is 30.6 Å². The Kier molecular flexibility index (Phi) is 5.02. The molecule has 0 saturated carbocycles. The van der Waals surface area contributed by atoms with Gasteiger partial charge in [0.1, 0.15) is 0 Å². The molecule has 2 aromatic rings. The van der Waals surface area contributed by atoms with Crippen LogP contribution in [0.25, 0.3) is 10.9 Å². The zero-order valence-electron chi connectivity index (χ0n) is 14.0. The second-order valence-corrected chi connectivity index (χ2v) is 8.32. The van der Waals surface area contributed by atoms with Crippen molar-refractivity contribution in [3.63, 3.8) is 0 Å². The maximum Gasteiger partial charge on any atom is 0.271 e. The number of nitrogens with zero attached hydrogens (tertiary/aromatic N) is 4. The largest absolute Gasteiger partial charge is 0.284 e. The van der Waals surface area contributed by atoms with Gasteiger partial charge in [-0.25, -0.2) is 13.1 Å². The molecule has 1 aromatic carbocycles. The molecule has 1 atom stereocenters. The summed E-state index contributed by atoms with van der Waals surface area (Å²) in [6.07, 6.45) is 4.82. The monoisotopic (exact) mass is 367 g/mol. The maximum absolute atomic E-state index is 11.3. The molecule has 9 nitrogen and oxygen atoms in total. The van der Waals surface area contributed by atoms with Crippen molar-refractivity contribution in [1.82, 2.24) is 19.4 Å². The summed E-state index contributed by atoms with van der Waals surface area (Å²) in [6.45, 7) is 2.62. The summed E-state index contributed by atoms with van der Waals surface area (Å²) in [4.78, 5) is 12.8. The normalized spacial score (nSPS) is 19.3. The molecule has 0 aliphatic carbocycles. The summed E-state index contributed by atoms with van der Waals surface area (Å²) in [6, 6.07) is 4.71. The smallest absolute Gasteiger partial charge is 0.271 e. The standard InChI is InChI=1S/C15H21N5O4S/c1-25(23,24)17-8-12-3-2-6-18(10-12)11-19-15-7-14(20(21)22)5-4-13(15)9-16-19/h4-5,7,9,12,17H,2-3,6,8,10-11H2,1H3. The van der Waals surface area contributed by atoms with Crippen LogP contribution in [0.15, 0.2) is 24.4 Å². The number of nitro benzene ring substituents is 1. The van der Waals surface area contributed by atoms with Gasteiger partial charge in [0.15, 0.2) is 0 Å². The molecular weight excluding hydrogens is 346 g/mol. The summed E-state index contributed by atoms with van der Waals surface area (Å²) in [5, 5.41) is 16.2. The van der Waals surface area contributed by atoms with Crippen LogP contribution < -0.4 is 4.72 Å². The van der Waals surface area contributed by atoms with Gasteiger partial charge in [-0.2, -0.15) is 5.10 Å². The highest BCUT2D eigenvalue weighted by molar-refractivity contribution is 7.88. The fraction of sp³-hybridized carbons (Fsp3) is 0.533. The van der Waals surface area contributed by atoms with E-state index in [0.717, 1.165) is 43.1 Å². The molecule has 1 aromatic heterocycles. The van der Waals surface area contributed by atoms with E-state index in [-0.39, 0.29) is 11.6 Å². The summed E-state index contributed by atoms with van der Waals surface area (Å²) in [7, 11) is -3.18. The van der Waals surface area contributed by atoms with Gasteiger partial charge in [-0.1, -0.05) is 0 Å². The highest BCUT2D eigenvalue weighted by atomic mass is 32.2. The zero-order valence-corrected chi connectivity index (χ0v) is 14.8. The number of benzene rings is 1. The lowest BCUT2D eigenvalue weighted by molar-refractivity contribution is -0.384. The number of aromatic nitrogens is 2. The van der Waals surface area contributed by atoms with E-state index in [1.807, 2.05) is 0 Å². The van der Waals surface area contributed by atoms with Crippen LogP contribution in [0.1, 0.15) is 12.8 Å². The van der Waals surface area contributed by atoms with Crippen LogP contribution in [0.3, 0.4) is 0 Å². The molecule has 136 valence electrons. The third kappa shape index (κ3) is 4.53. The third-order valence-electron chi connectivity index (χ3n) is 4.41. The molecule has 0 amide bonds. The van der Waals surface area contributed by atoms with Crippen molar-refractivity contribution in [3.8, 4) is 0 Å². The Hall–Kier alpha value is -2.04. The van der Waals surface area contributed by atoms with Crippen molar-refractivity contribution in [1.29, 1.82) is 0 Å². The van der Waals surface area contributed by atoms with Crippen LogP contribution in [0.4, 0.5) is 5.69 Å². The van der Waals surface area contributed by atoms with E-state index in [1.54, 1.807) is 16.9 Å². The molecule has 1 aliphatic heterocycles. The van der Waals surface area contributed by atoms with Gasteiger partial charge in [0.25, 0.3) is 5.69 Å². The lowest BCUT2D eigenvalue weighted by atomic mass is 9.99. The number of sulfonamides is 1. The molecule has 2 heterocycles. The van der Waals surface area contributed by atoms with Crippen molar-refractivity contribution in [2.45, 2.75) is 19.5 Å². The molecule has 1 saturated heterocycles. The number of nitro groups is 1. The predicted molar refractivity (Wildman–Crippen MR) is 93.5 cm³/mol. The first-order valence-corrected chi connectivity index (χ1v) is 9.98. The van der Waals surface area contributed by atoms with Crippen LogP contribution in [0.2, 0.25) is 0 Å². The Morgan fingerprint density at radius 2 is 2.24 bits per heavy atom. The molecule has 1 fully saturated rings. The van der Waals surface area contributed by atoms with Gasteiger partial charge in [-0.05, 0) is 31.4 Å². The molecule has 0 radical (unpaired) electrons. The second-order valence-electron chi connectivity index (χ2n) is 6.49. The number of piperidine rings is 1. The zero-order chi connectivity index (χ0) is 18.0. The van der Waals surface area contributed by atoms with E-state index in [1.165, 1.54) is 12.1 Å². The van der Waals surface area contributed by atoms with E-state index in [2.05, 4.69) is 14.7 Å². The van der Waals surface area contributed by atoms with Gasteiger partial charge >= 0.3 is 0 Å². The molecule has 10 heteroatoms. The lowest BCUT2D eigenvalue weighted by Crippen LogP contribution is -2.41. The average Bonchev–Trinajstić information content (AvgIpc) is 2.95. The summed E-state index contributed by atoms with van der Waals surface area (Å²) in [5.74, 6) is 0.250. The number of likely N-dealkylation sites (tertiary alicyclic amines) is 1. The maximum atomic E-state index is 11.3. The van der Waals surface area contributed by atoms with E-state index in [0.29, 0.717) is 13.2 Å². The predicted octanol–water partition coefficient (Wildman–Crippen LogP) is 1.16. The minimum absolute atomic E-state index is 0.0446. The van der Waals surface area contributed by atoms with Crippen LogP contribution in [0, 0.1) is 16.0 Å². The van der Waals surface area contributed by atoms with Crippen LogP contribution >= 0.6 is 0 Å². The topological polar surface area (TPSA) is 110 Å². The van der Waals surface area contributed by atoms with E-state index in [9.17, 15) is 18.5 Å². The number of nitrogens with one attached hydrogen (secondary N) is 1. The number of hydrogen-bond donors (Lipinski definition) is 1. The minimum Gasteiger partial charge on any atom is -0.284 e. The minimum atomic E-state index is -3.18. The average molecular weight is 367 g/mol. The summed E-state index contributed by atoms with van der Waals surface area (Å²) < 4.78 is 26.8. The first-order valence-electron chi connectivity index (χ1n) is 8.09. The molecule has 1 unspecified atom stereocenters. The highest BCUT2D eigenvalue weighted by Gasteiger charge is 2.22. The van der Waals surface area contributed by atoms with Gasteiger partial charge in [0.2, 0.25) is 10.0 Å². The summed E-state index contributed by atoms with van der Waals surface area (Å²) >= 11 is 0. The lowest BCUT2D eigenvalue weighted by Gasteiger charge is -2.32. The Balaban J connectivity index is 1.70. The first-order chi connectivity index (χ1) is 11.8. The highest BCUT2D eigenvalue weighted by Crippen LogP contribution is 2.22. The molecule has 3 rings (SSSR count).